The smallest absolute Gasteiger partial charge is 0.326 e. The van der Waals surface area contributed by atoms with Crippen LogP contribution in [0.4, 0.5) is 0 Å². The van der Waals surface area contributed by atoms with Crippen LogP contribution < -0.4 is 10.9 Å². The Morgan fingerprint density at radius 3 is 3.00 bits per heavy atom. The Hall–Kier alpha value is -2.74. The zero-order valence-electron chi connectivity index (χ0n) is 13.6. The number of ether oxygens (including phenoxy) is 2. The number of carbonyl (C=O) groups is 2. The third kappa shape index (κ3) is 4.42. The summed E-state index contributed by atoms with van der Waals surface area (Å²) in [6, 6.07) is 6.87. The lowest BCUT2D eigenvalue weighted by Gasteiger charge is -2.11. The van der Waals surface area contributed by atoms with Gasteiger partial charge in [0.15, 0.2) is 6.61 Å². The van der Waals surface area contributed by atoms with E-state index < -0.39 is 11.9 Å². The molecule has 1 fully saturated rings. The van der Waals surface area contributed by atoms with E-state index in [4.69, 9.17) is 9.47 Å². The number of hydrogen-bond donors (Lipinski definition) is 1. The fraction of sp³-hybridized carbons (Fsp3) is 0.412. The fourth-order valence-corrected chi connectivity index (χ4v) is 2.63. The van der Waals surface area contributed by atoms with Crippen LogP contribution >= 0.6 is 0 Å². The number of fused-ring (bicyclic) bond motifs is 1. The maximum Gasteiger partial charge on any atom is 0.326 e. The summed E-state index contributed by atoms with van der Waals surface area (Å²) >= 11 is 0. The molecule has 1 saturated heterocycles. The van der Waals surface area contributed by atoms with E-state index in [0.717, 1.165) is 17.4 Å². The van der Waals surface area contributed by atoms with Crippen molar-refractivity contribution in [2.45, 2.75) is 25.5 Å². The van der Waals surface area contributed by atoms with Crippen LogP contribution in [0, 0.1) is 0 Å². The first-order valence-corrected chi connectivity index (χ1v) is 8.11. The number of esters is 1. The number of aromatic nitrogens is 2. The van der Waals surface area contributed by atoms with Gasteiger partial charge >= 0.3 is 5.97 Å². The molecule has 1 aliphatic heterocycles. The zero-order chi connectivity index (χ0) is 17.6. The molecule has 132 valence electrons. The molecule has 0 radical (unpaired) electrons. The number of benzene rings is 1. The van der Waals surface area contributed by atoms with E-state index in [1.54, 1.807) is 24.3 Å². The van der Waals surface area contributed by atoms with Gasteiger partial charge in [-0.15, -0.1) is 0 Å². The molecule has 8 nitrogen and oxygen atoms in total. The number of rotatable bonds is 6. The molecule has 1 atom stereocenters. The standard InChI is InChI=1S/C17H19N3O5/c21-15(18-8-12-4-3-7-24-12)10-25-16(22)9-20-11-19-14-6-2-1-5-13(14)17(20)23/h1-2,5-6,11-12H,3-4,7-10H2,(H,18,21)/t12-/m1/s1. The molecular weight excluding hydrogens is 326 g/mol. The van der Waals surface area contributed by atoms with Crippen molar-refractivity contribution in [3.05, 3.63) is 40.9 Å². The summed E-state index contributed by atoms with van der Waals surface area (Å²) in [6.45, 7) is 0.436. The lowest BCUT2D eigenvalue weighted by molar-refractivity contribution is -0.149. The summed E-state index contributed by atoms with van der Waals surface area (Å²) in [7, 11) is 0. The topological polar surface area (TPSA) is 99.5 Å². The minimum Gasteiger partial charge on any atom is -0.454 e. The van der Waals surface area contributed by atoms with Crippen molar-refractivity contribution >= 4 is 22.8 Å². The van der Waals surface area contributed by atoms with Crippen molar-refractivity contribution in [1.82, 2.24) is 14.9 Å². The largest absolute Gasteiger partial charge is 0.454 e. The Balaban J connectivity index is 1.50. The zero-order valence-corrected chi connectivity index (χ0v) is 13.6. The fourth-order valence-electron chi connectivity index (χ4n) is 2.63. The van der Waals surface area contributed by atoms with Gasteiger partial charge in [0.2, 0.25) is 0 Å². The van der Waals surface area contributed by atoms with E-state index >= 15 is 0 Å². The summed E-state index contributed by atoms with van der Waals surface area (Å²) in [5, 5.41) is 3.08. The van der Waals surface area contributed by atoms with Crippen molar-refractivity contribution in [1.29, 1.82) is 0 Å². The second-order valence-electron chi connectivity index (χ2n) is 5.79. The Morgan fingerprint density at radius 2 is 2.20 bits per heavy atom. The first-order valence-electron chi connectivity index (χ1n) is 8.11. The lowest BCUT2D eigenvalue weighted by Crippen LogP contribution is -2.35. The Kier molecular flexibility index (Phi) is 5.39. The SMILES string of the molecule is O=C(COC(=O)Cn1cnc2ccccc2c1=O)NC[C@H]1CCCO1. The molecule has 1 aromatic carbocycles. The van der Waals surface area contributed by atoms with Crippen molar-refractivity contribution in [2.75, 3.05) is 19.8 Å². The highest BCUT2D eigenvalue weighted by Crippen LogP contribution is 2.10. The minimum absolute atomic E-state index is 0.0295. The molecule has 0 aliphatic carbocycles. The van der Waals surface area contributed by atoms with Gasteiger partial charge in [-0.1, -0.05) is 12.1 Å². The molecular formula is C17H19N3O5. The summed E-state index contributed by atoms with van der Waals surface area (Å²) in [5.41, 5.74) is 0.232. The van der Waals surface area contributed by atoms with Gasteiger partial charge in [0.1, 0.15) is 6.54 Å². The summed E-state index contributed by atoms with van der Waals surface area (Å²) in [4.78, 5) is 39.9. The van der Waals surface area contributed by atoms with Gasteiger partial charge in [-0.3, -0.25) is 19.0 Å². The van der Waals surface area contributed by atoms with Crippen LogP contribution in [0.2, 0.25) is 0 Å². The Labute approximate surface area is 143 Å². The second-order valence-corrected chi connectivity index (χ2v) is 5.79. The molecule has 1 aliphatic rings. The predicted molar refractivity (Wildman–Crippen MR) is 88.9 cm³/mol. The van der Waals surface area contributed by atoms with Gasteiger partial charge in [0, 0.05) is 13.2 Å². The monoisotopic (exact) mass is 345 g/mol. The van der Waals surface area contributed by atoms with Gasteiger partial charge in [-0.25, -0.2) is 4.98 Å². The van der Waals surface area contributed by atoms with E-state index in [1.165, 1.54) is 6.33 Å². The third-order valence-electron chi connectivity index (χ3n) is 3.95. The van der Waals surface area contributed by atoms with Gasteiger partial charge in [-0.05, 0) is 25.0 Å². The van der Waals surface area contributed by atoms with Crippen LogP contribution in [0.15, 0.2) is 35.4 Å². The number of carbonyl (C=O) groups excluding carboxylic acids is 2. The average Bonchev–Trinajstić information content (AvgIpc) is 3.14. The van der Waals surface area contributed by atoms with Crippen molar-refractivity contribution in [3.8, 4) is 0 Å². The second kappa shape index (κ2) is 7.89. The predicted octanol–water partition coefficient (Wildman–Crippen LogP) is 0.235. The number of hydrogen-bond acceptors (Lipinski definition) is 6. The summed E-state index contributed by atoms with van der Waals surface area (Å²) < 4.78 is 11.5. The van der Waals surface area contributed by atoms with Crippen LogP contribution in [0.5, 0.6) is 0 Å². The maximum atomic E-state index is 12.3. The van der Waals surface area contributed by atoms with E-state index in [0.29, 0.717) is 24.1 Å². The van der Waals surface area contributed by atoms with Crippen molar-refractivity contribution in [3.63, 3.8) is 0 Å². The molecule has 1 amide bonds. The Morgan fingerprint density at radius 1 is 1.36 bits per heavy atom. The first-order chi connectivity index (χ1) is 12.1. The minimum atomic E-state index is -0.675. The van der Waals surface area contributed by atoms with Crippen LogP contribution in [-0.4, -0.2) is 47.3 Å². The molecule has 2 aromatic rings. The molecule has 8 heteroatoms. The van der Waals surface area contributed by atoms with E-state index in [9.17, 15) is 14.4 Å². The normalized spacial score (nSPS) is 16.7. The summed E-state index contributed by atoms with van der Waals surface area (Å²) in [6.07, 6.45) is 3.23. The number of amides is 1. The number of nitrogens with one attached hydrogen (secondary N) is 1. The van der Waals surface area contributed by atoms with Crippen LogP contribution in [0.25, 0.3) is 10.9 Å². The highest BCUT2D eigenvalue weighted by molar-refractivity contribution is 5.81. The number of para-hydroxylation sites is 1. The van der Waals surface area contributed by atoms with Gasteiger partial charge in [-0.2, -0.15) is 0 Å². The molecule has 0 unspecified atom stereocenters. The van der Waals surface area contributed by atoms with Gasteiger partial charge < -0.3 is 14.8 Å². The third-order valence-corrected chi connectivity index (χ3v) is 3.95. The highest BCUT2D eigenvalue weighted by Gasteiger charge is 2.17. The molecule has 25 heavy (non-hydrogen) atoms. The lowest BCUT2D eigenvalue weighted by atomic mass is 10.2. The molecule has 1 N–H and O–H groups in total. The highest BCUT2D eigenvalue weighted by atomic mass is 16.5. The quantitative estimate of drug-likeness (QED) is 0.753. The van der Waals surface area contributed by atoms with Crippen LogP contribution in [0.1, 0.15) is 12.8 Å². The van der Waals surface area contributed by atoms with Gasteiger partial charge in [0.25, 0.3) is 11.5 Å². The van der Waals surface area contributed by atoms with Crippen molar-refractivity contribution in [2.24, 2.45) is 0 Å². The first kappa shape index (κ1) is 17.1. The molecule has 1 aromatic heterocycles. The van der Waals surface area contributed by atoms with E-state index in [1.807, 2.05) is 0 Å². The molecule has 2 heterocycles. The average molecular weight is 345 g/mol. The molecule has 3 rings (SSSR count). The number of nitrogens with zero attached hydrogens (tertiary/aromatic N) is 2. The van der Waals surface area contributed by atoms with E-state index in [-0.39, 0.29) is 24.8 Å². The molecule has 0 bridgehead atoms. The van der Waals surface area contributed by atoms with E-state index in [2.05, 4.69) is 10.3 Å². The van der Waals surface area contributed by atoms with Gasteiger partial charge in [0.05, 0.1) is 23.3 Å². The maximum absolute atomic E-state index is 12.3. The van der Waals surface area contributed by atoms with Crippen molar-refractivity contribution < 1.29 is 19.1 Å². The molecule has 0 saturated carbocycles. The summed E-state index contributed by atoms with van der Waals surface area (Å²) in [5.74, 6) is -1.07. The Bertz CT molecular complexity index is 826. The van der Waals surface area contributed by atoms with Crippen LogP contribution in [0.3, 0.4) is 0 Å². The molecule has 0 spiro atoms. The van der Waals surface area contributed by atoms with Crippen LogP contribution in [-0.2, 0) is 25.6 Å².